The van der Waals surface area contributed by atoms with E-state index in [-0.39, 0.29) is 58.3 Å². The molecule has 0 radical (unpaired) electrons. The predicted octanol–water partition coefficient (Wildman–Crippen LogP) is 6.37. The maximum Gasteiger partial charge on any atom is 0.330 e. The zero-order valence-electron chi connectivity index (χ0n) is 35.3. The molecule has 2 heterocycles. The van der Waals surface area contributed by atoms with Gasteiger partial charge in [-0.3, -0.25) is 14.3 Å². The van der Waals surface area contributed by atoms with Crippen LogP contribution in [0.15, 0.2) is 101 Å². The van der Waals surface area contributed by atoms with Gasteiger partial charge in [-0.2, -0.15) is 10.5 Å². The van der Waals surface area contributed by atoms with Crippen LogP contribution in [-0.4, -0.2) is 92.2 Å². The Kier molecular flexibility index (Phi) is 18.0. The summed E-state index contributed by atoms with van der Waals surface area (Å²) in [6.07, 6.45) is -2.54. The van der Waals surface area contributed by atoms with E-state index in [1.54, 1.807) is 14.2 Å². The molecule has 61 heavy (non-hydrogen) atoms. The summed E-state index contributed by atoms with van der Waals surface area (Å²) in [6.45, 7) is 7.72. The van der Waals surface area contributed by atoms with Gasteiger partial charge in [-0.15, -0.1) is 0 Å². The average molecular weight is 860 g/mol. The molecule has 4 aromatic rings. The Labute approximate surface area is 357 Å². The molecule has 0 bridgehead atoms. The fourth-order valence-electron chi connectivity index (χ4n) is 7.07. The fourth-order valence-corrected chi connectivity index (χ4v) is 8.84. The van der Waals surface area contributed by atoms with Crippen molar-refractivity contribution in [3.63, 3.8) is 0 Å². The standard InChI is InChI=1S/C44H54N5O11P/c1-31(2)49(32(3)4)61(58-27-11-24-46)60-40-38(59-42(48-25-22-39(50)47-43(48)51)41(40)56-30-55-29-54-26-10-23-45)28-57-44(33-12-8-7-9-13-33,34-14-18-36(52-5)19-15-34)35-16-20-37(53-6)21-17-35/h7-9,12-22,25,31-32,38,40-42H,10-11,26-30H2,1-6H3,(H,47,50,51)/t38-,40?,41?,42-,61?/m1/s1. The van der Waals surface area contributed by atoms with Crippen molar-refractivity contribution in [1.82, 2.24) is 14.2 Å². The minimum Gasteiger partial charge on any atom is -0.497 e. The number of nitrogens with one attached hydrogen (secondary N) is 1. The SMILES string of the molecule is COc1ccc(C(OC[C@H]2O[C@@H](n3ccc(=O)[nH]c3=O)C(OCOCOCCC#N)C2OP(OCCC#N)N(C(C)C)C(C)C)(c2ccccc2)c2ccc(OC)cc2)cc1. The van der Waals surface area contributed by atoms with Crippen molar-refractivity contribution in [2.75, 3.05) is 47.6 Å². The highest BCUT2D eigenvalue weighted by molar-refractivity contribution is 7.44. The number of hydrogen-bond donors (Lipinski definition) is 1. The number of ether oxygens (including phenoxy) is 7. The van der Waals surface area contributed by atoms with Crippen LogP contribution in [-0.2, 0) is 38.3 Å². The first-order valence-electron chi connectivity index (χ1n) is 19.9. The van der Waals surface area contributed by atoms with Crippen molar-refractivity contribution >= 4 is 8.53 Å². The number of aromatic nitrogens is 2. The number of H-pyrrole nitrogens is 1. The smallest absolute Gasteiger partial charge is 0.330 e. The summed E-state index contributed by atoms with van der Waals surface area (Å²) in [6, 6.07) is 30.2. The lowest BCUT2D eigenvalue weighted by atomic mass is 9.80. The molecule has 1 aromatic heterocycles. The normalized spacial score (nSPS) is 18.3. The first-order chi connectivity index (χ1) is 29.6. The van der Waals surface area contributed by atoms with Crippen LogP contribution >= 0.6 is 8.53 Å². The first-order valence-corrected chi connectivity index (χ1v) is 21.0. The molecular weight excluding hydrogens is 805 g/mol. The summed E-state index contributed by atoms with van der Waals surface area (Å²) < 4.78 is 59.3. The van der Waals surface area contributed by atoms with Crippen LogP contribution in [0.1, 0.15) is 63.5 Å². The Balaban J connectivity index is 1.65. The molecule has 1 saturated heterocycles. The molecular formula is C44H54N5O11P. The van der Waals surface area contributed by atoms with Crippen molar-refractivity contribution < 1.29 is 42.2 Å². The molecule has 0 spiro atoms. The fraction of sp³-hybridized carbons (Fsp3) is 0.455. The quantitative estimate of drug-likeness (QED) is 0.0354. The van der Waals surface area contributed by atoms with E-state index in [9.17, 15) is 14.9 Å². The molecule has 3 unspecified atom stereocenters. The minimum absolute atomic E-state index is 0.0491. The molecule has 0 aliphatic carbocycles. The van der Waals surface area contributed by atoms with Crippen LogP contribution in [0.3, 0.4) is 0 Å². The van der Waals surface area contributed by atoms with Gasteiger partial charge in [-0.05, 0) is 68.7 Å². The van der Waals surface area contributed by atoms with E-state index in [0.29, 0.717) is 11.5 Å². The second-order valence-corrected chi connectivity index (χ2v) is 15.8. The van der Waals surface area contributed by atoms with Crippen LogP contribution in [0.5, 0.6) is 11.5 Å². The molecule has 5 rings (SSSR count). The predicted molar refractivity (Wildman–Crippen MR) is 225 cm³/mol. The van der Waals surface area contributed by atoms with Gasteiger partial charge in [0.2, 0.25) is 0 Å². The van der Waals surface area contributed by atoms with Gasteiger partial charge >= 0.3 is 5.69 Å². The third-order valence-electron chi connectivity index (χ3n) is 9.79. The number of aromatic amines is 1. The largest absolute Gasteiger partial charge is 0.497 e. The zero-order chi connectivity index (χ0) is 43.8. The Morgan fingerprint density at radius 3 is 1.93 bits per heavy atom. The van der Waals surface area contributed by atoms with E-state index >= 15 is 0 Å². The highest BCUT2D eigenvalue weighted by Gasteiger charge is 2.51. The highest BCUT2D eigenvalue weighted by atomic mass is 31.2. The molecule has 1 aliphatic heterocycles. The number of nitriles is 2. The van der Waals surface area contributed by atoms with Gasteiger partial charge in [0.05, 0.1) is 59.0 Å². The van der Waals surface area contributed by atoms with Crippen molar-refractivity contribution in [1.29, 1.82) is 10.5 Å². The van der Waals surface area contributed by atoms with E-state index in [1.165, 1.54) is 16.8 Å². The molecule has 0 saturated carbocycles. The Hall–Kier alpha value is -4.97. The number of hydrogen-bond acceptors (Lipinski definition) is 14. The molecule has 16 nitrogen and oxygen atoms in total. The van der Waals surface area contributed by atoms with Crippen molar-refractivity contribution in [3.05, 3.63) is 129 Å². The van der Waals surface area contributed by atoms with Crippen molar-refractivity contribution in [2.24, 2.45) is 0 Å². The molecule has 17 heteroatoms. The Bertz CT molecular complexity index is 2080. The third-order valence-corrected chi connectivity index (χ3v) is 11.9. The summed E-state index contributed by atoms with van der Waals surface area (Å²) in [4.78, 5) is 28.0. The van der Waals surface area contributed by atoms with Crippen LogP contribution in [0.2, 0.25) is 0 Å². The topological polar surface area (TPSA) is 189 Å². The van der Waals surface area contributed by atoms with E-state index in [4.69, 9.17) is 47.5 Å². The zero-order valence-corrected chi connectivity index (χ0v) is 36.2. The second-order valence-electron chi connectivity index (χ2n) is 14.4. The van der Waals surface area contributed by atoms with Crippen LogP contribution in [0.4, 0.5) is 0 Å². The van der Waals surface area contributed by atoms with Crippen molar-refractivity contribution in [2.45, 2.75) is 82.8 Å². The maximum absolute atomic E-state index is 13.5. The average Bonchev–Trinajstić information content (AvgIpc) is 3.59. The molecule has 1 aliphatic rings. The van der Waals surface area contributed by atoms with Crippen LogP contribution < -0.4 is 20.7 Å². The summed E-state index contributed by atoms with van der Waals surface area (Å²) in [5.74, 6) is 1.31. The number of rotatable bonds is 24. The lowest BCUT2D eigenvalue weighted by Crippen LogP contribution is -2.43. The lowest BCUT2D eigenvalue weighted by molar-refractivity contribution is -0.174. The lowest BCUT2D eigenvalue weighted by Gasteiger charge is -2.39. The van der Waals surface area contributed by atoms with Gasteiger partial charge in [0.15, 0.2) is 6.23 Å². The second kappa shape index (κ2) is 23.3. The van der Waals surface area contributed by atoms with Crippen molar-refractivity contribution in [3.8, 4) is 23.6 Å². The molecule has 1 N–H and O–H groups in total. The van der Waals surface area contributed by atoms with Gasteiger partial charge in [0, 0.05) is 24.3 Å². The van der Waals surface area contributed by atoms with Crippen LogP contribution in [0, 0.1) is 22.7 Å². The summed E-state index contributed by atoms with van der Waals surface area (Å²) in [5.41, 5.74) is -0.220. The van der Waals surface area contributed by atoms with Crippen LogP contribution in [0.25, 0.3) is 0 Å². The summed E-state index contributed by atoms with van der Waals surface area (Å²) in [5, 5.41) is 18.3. The molecule has 5 atom stereocenters. The minimum atomic E-state index is -1.89. The number of benzene rings is 3. The third kappa shape index (κ3) is 11.9. The van der Waals surface area contributed by atoms with E-state index in [0.717, 1.165) is 16.7 Å². The molecule has 0 amide bonds. The Morgan fingerprint density at radius 2 is 1.38 bits per heavy atom. The summed E-state index contributed by atoms with van der Waals surface area (Å²) >= 11 is 0. The molecule has 326 valence electrons. The monoisotopic (exact) mass is 859 g/mol. The Morgan fingerprint density at radius 1 is 0.787 bits per heavy atom. The molecule has 1 fully saturated rings. The van der Waals surface area contributed by atoms with Gasteiger partial charge in [0.1, 0.15) is 49.0 Å². The summed E-state index contributed by atoms with van der Waals surface area (Å²) in [7, 11) is 1.31. The van der Waals surface area contributed by atoms with E-state index in [2.05, 4.69) is 15.7 Å². The first kappa shape index (κ1) is 47.1. The number of nitrogens with zero attached hydrogens (tertiary/aromatic N) is 4. The van der Waals surface area contributed by atoms with E-state index in [1.807, 2.05) is 113 Å². The van der Waals surface area contributed by atoms with E-state index < -0.39 is 49.9 Å². The van der Waals surface area contributed by atoms with Gasteiger partial charge in [-0.1, -0.05) is 54.6 Å². The van der Waals surface area contributed by atoms with Gasteiger partial charge in [0.25, 0.3) is 14.1 Å². The highest BCUT2D eigenvalue weighted by Crippen LogP contribution is 2.51. The van der Waals surface area contributed by atoms with Gasteiger partial charge in [-0.25, -0.2) is 9.46 Å². The molecule has 3 aromatic carbocycles. The maximum atomic E-state index is 13.5. The number of methoxy groups -OCH3 is 2. The van der Waals surface area contributed by atoms with Gasteiger partial charge < -0.3 is 42.2 Å².